The highest BCUT2D eigenvalue weighted by Gasteiger charge is 2.30. The summed E-state index contributed by atoms with van der Waals surface area (Å²) < 4.78 is 10.3. The van der Waals surface area contributed by atoms with E-state index in [9.17, 15) is 14.4 Å². The van der Waals surface area contributed by atoms with Crippen LogP contribution in [0.25, 0.3) is 0 Å². The van der Waals surface area contributed by atoms with Crippen molar-refractivity contribution < 1.29 is 23.9 Å². The molecule has 1 heterocycles. The average Bonchev–Trinajstić information content (AvgIpc) is 2.79. The number of anilines is 2. The van der Waals surface area contributed by atoms with Gasteiger partial charge in [-0.3, -0.25) is 9.59 Å². The number of ether oxygens (including phenoxy) is 2. The van der Waals surface area contributed by atoms with Gasteiger partial charge in [-0.15, -0.1) is 0 Å². The summed E-state index contributed by atoms with van der Waals surface area (Å²) in [5.41, 5.74) is 1.44. The molecule has 0 saturated carbocycles. The van der Waals surface area contributed by atoms with E-state index in [1.54, 1.807) is 53.4 Å². The van der Waals surface area contributed by atoms with Gasteiger partial charge >= 0.3 is 5.97 Å². The number of para-hydroxylation sites is 3. The van der Waals surface area contributed by atoms with E-state index in [0.717, 1.165) is 0 Å². The molecule has 1 atom stereocenters. The van der Waals surface area contributed by atoms with Gasteiger partial charge in [-0.05, 0) is 31.2 Å². The van der Waals surface area contributed by atoms with Crippen molar-refractivity contribution in [3.8, 4) is 5.75 Å². The summed E-state index contributed by atoms with van der Waals surface area (Å²) in [6.07, 6.45) is 0.180. The van der Waals surface area contributed by atoms with Crippen LogP contribution in [-0.4, -0.2) is 37.5 Å². The van der Waals surface area contributed by atoms with Crippen molar-refractivity contribution in [3.05, 3.63) is 54.1 Å². The summed E-state index contributed by atoms with van der Waals surface area (Å²) in [6.45, 7) is 1.53. The van der Waals surface area contributed by atoms with Gasteiger partial charge in [0.25, 0.3) is 5.91 Å². The minimum atomic E-state index is -0.540. The zero-order valence-electron chi connectivity index (χ0n) is 15.1. The molecule has 1 N–H and O–H groups in total. The van der Waals surface area contributed by atoms with Crippen LogP contribution in [0, 0.1) is 0 Å². The van der Waals surface area contributed by atoms with Gasteiger partial charge in [0.15, 0.2) is 6.61 Å². The second-order valence-electron chi connectivity index (χ2n) is 6.16. The number of amides is 2. The van der Waals surface area contributed by atoms with Crippen molar-refractivity contribution in [2.45, 2.75) is 19.4 Å². The summed E-state index contributed by atoms with van der Waals surface area (Å²) in [5, 5.41) is 2.81. The van der Waals surface area contributed by atoms with E-state index in [2.05, 4.69) is 5.32 Å². The molecule has 0 aromatic heterocycles. The Bertz CT molecular complexity index is 880. The topological polar surface area (TPSA) is 84.9 Å². The largest absolute Gasteiger partial charge is 0.483 e. The number of hydrogen-bond acceptors (Lipinski definition) is 5. The number of hydrogen-bond donors (Lipinski definition) is 1. The first-order chi connectivity index (χ1) is 13.0. The molecule has 3 rings (SSSR count). The molecule has 0 radical (unpaired) electrons. The van der Waals surface area contributed by atoms with Crippen LogP contribution in [-0.2, 0) is 14.3 Å². The first-order valence-corrected chi connectivity index (χ1v) is 8.52. The number of esters is 1. The third-order valence-electron chi connectivity index (χ3n) is 4.27. The fourth-order valence-electron chi connectivity index (χ4n) is 3.05. The van der Waals surface area contributed by atoms with Crippen molar-refractivity contribution in [2.24, 2.45) is 0 Å². The molecule has 0 bridgehead atoms. The van der Waals surface area contributed by atoms with Crippen molar-refractivity contribution in [2.75, 3.05) is 23.9 Å². The Kier molecular flexibility index (Phi) is 5.40. The highest BCUT2D eigenvalue weighted by atomic mass is 16.5. The van der Waals surface area contributed by atoms with Gasteiger partial charge in [0.05, 0.1) is 18.5 Å². The third-order valence-corrected chi connectivity index (χ3v) is 4.27. The van der Waals surface area contributed by atoms with E-state index in [0.29, 0.717) is 11.4 Å². The highest BCUT2D eigenvalue weighted by molar-refractivity contribution is 6.04. The first-order valence-electron chi connectivity index (χ1n) is 8.52. The van der Waals surface area contributed by atoms with Gasteiger partial charge < -0.3 is 19.7 Å². The third kappa shape index (κ3) is 3.92. The second-order valence-corrected chi connectivity index (χ2v) is 6.16. The molecule has 0 saturated heterocycles. The quantitative estimate of drug-likeness (QED) is 0.839. The average molecular weight is 368 g/mol. The van der Waals surface area contributed by atoms with Gasteiger partial charge in [-0.1, -0.05) is 24.3 Å². The maximum absolute atomic E-state index is 12.9. The SMILES string of the molecule is COC(=O)c1ccccc1OCC(=O)N1c2ccccc2NC(=O)C[C@@H]1C. The predicted octanol–water partition coefficient (Wildman–Crippen LogP) is 2.62. The van der Waals surface area contributed by atoms with E-state index in [1.807, 2.05) is 6.92 Å². The Balaban J connectivity index is 1.82. The molecule has 2 aromatic carbocycles. The van der Waals surface area contributed by atoms with E-state index in [1.165, 1.54) is 7.11 Å². The molecule has 0 unspecified atom stereocenters. The summed E-state index contributed by atoms with van der Waals surface area (Å²) in [7, 11) is 1.28. The van der Waals surface area contributed by atoms with Crippen LogP contribution >= 0.6 is 0 Å². The minimum absolute atomic E-state index is 0.151. The summed E-state index contributed by atoms with van der Waals surface area (Å²) in [6, 6.07) is 13.3. The maximum Gasteiger partial charge on any atom is 0.341 e. The molecule has 1 aliphatic rings. The number of carbonyl (C=O) groups is 3. The fraction of sp³-hybridized carbons (Fsp3) is 0.250. The zero-order valence-corrected chi connectivity index (χ0v) is 15.1. The van der Waals surface area contributed by atoms with Gasteiger partial charge in [0.1, 0.15) is 11.3 Å². The number of methoxy groups -OCH3 is 1. The molecule has 140 valence electrons. The normalized spacial score (nSPS) is 16.0. The number of rotatable bonds is 4. The Morgan fingerprint density at radius 2 is 1.85 bits per heavy atom. The van der Waals surface area contributed by atoms with Gasteiger partial charge in [-0.2, -0.15) is 0 Å². The summed E-state index contributed by atoms with van der Waals surface area (Å²) >= 11 is 0. The fourth-order valence-corrected chi connectivity index (χ4v) is 3.05. The Morgan fingerprint density at radius 3 is 2.63 bits per heavy atom. The van der Waals surface area contributed by atoms with E-state index in [-0.39, 0.29) is 42.2 Å². The molecule has 7 heteroatoms. The number of nitrogens with zero attached hydrogens (tertiary/aromatic N) is 1. The van der Waals surface area contributed by atoms with Crippen molar-refractivity contribution in [1.29, 1.82) is 0 Å². The number of benzene rings is 2. The van der Waals surface area contributed by atoms with E-state index >= 15 is 0 Å². The molecular formula is C20H20N2O5. The van der Waals surface area contributed by atoms with E-state index in [4.69, 9.17) is 9.47 Å². The number of nitrogens with one attached hydrogen (secondary N) is 1. The molecule has 1 aliphatic heterocycles. The predicted molar refractivity (Wildman–Crippen MR) is 99.9 cm³/mol. The van der Waals surface area contributed by atoms with Gasteiger partial charge in [0, 0.05) is 12.5 Å². The lowest BCUT2D eigenvalue weighted by atomic mass is 10.1. The molecule has 0 aliphatic carbocycles. The summed E-state index contributed by atoms with van der Waals surface area (Å²) in [4.78, 5) is 38.3. The molecule has 7 nitrogen and oxygen atoms in total. The Labute approximate surface area is 156 Å². The lowest BCUT2D eigenvalue weighted by Gasteiger charge is -2.27. The Hall–Kier alpha value is -3.35. The molecular weight excluding hydrogens is 348 g/mol. The van der Waals surface area contributed by atoms with Crippen molar-refractivity contribution in [3.63, 3.8) is 0 Å². The maximum atomic E-state index is 12.9. The lowest BCUT2D eigenvalue weighted by Crippen LogP contribution is -2.41. The van der Waals surface area contributed by atoms with Crippen LogP contribution in [0.1, 0.15) is 23.7 Å². The van der Waals surface area contributed by atoms with E-state index < -0.39 is 5.97 Å². The smallest absolute Gasteiger partial charge is 0.341 e. The minimum Gasteiger partial charge on any atom is -0.483 e. The molecule has 27 heavy (non-hydrogen) atoms. The zero-order chi connectivity index (χ0) is 19.4. The lowest BCUT2D eigenvalue weighted by molar-refractivity contribution is -0.121. The monoisotopic (exact) mass is 368 g/mol. The summed E-state index contributed by atoms with van der Waals surface area (Å²) in [5.74, 6) is -0.739. The van der Waals surface area contributed by atoms with Crippen LogP contribution in [0.5, 0.6) is 5.75 Å². The van der Waals surface area contributed by atoms with Crippen LogP contribution in [0.4, 0.5) is 11.4 Å². The molecule has 2 aromatic rings. The van der Waals surface area contributed by atoms with Crippen LogP contribution in [0.2, 0.25) is 0 Å². The molecule has 2 amide bonds. The standard InChI is InChI=1S/C20H20N2O5/c1-13-11-18(23)21-15-8-4-5-9-16(15)22(13)19(24)12-27-17-10-6-3-7-14(17)20(25)26-2/h3-10,13H,11-12H2,1-2H3,(H,21,23)/t13-/m0/s1. The Morgan fingerprint density at radius 1 is 1.15 bits per heavy atom. The van der Waals surface area contributed by atoms with Crippen molar-refractivity contribution in [1.82, 2.24) is 0 Å². The second kappa shape index (κ2) is 7.90. The van der Waals surface area contributed by atoms with Crippen molar-refractivity contribution >= 4 is 29.2 Å². The van der Waals surface area contributed by atoms with Crippen LogP contribution < -0.4 is 15.0 Å². The number of carbonyl (C=O) groups excluding carboxylic acids is 3. The molecule has 0 fully saturated rings. The van der Waals surface area contributed by atoms with Gasteiger partial charge in [-0.25, -0.2) is 4.79 Å². The highest BCUT2D eigenvalue weighted by Crippen LogP contribution is 2.31. The first kappa shape index (κ1) is 18.4. The van der Waals surface area contributed by atoms with Crippen LogP contribution in [0.15, 0.2) is 48.5 Å². The van der Waals surface area contributed by atoms with Gasteiger partial charge in [0.2, 0.25) is 5.91 Å². The van der Waals surface area contributed by atoms with Crippen LogP contribution in [0.3, 0.4) is 0 Å². The molecule has 0 spiro atoms. The number of fused-ring (bicyclic) bond motifs is 1.